The monoisotopic (exact) mass is 441 g/mol. The minimum atomic E-state index is -0.966. The van der Waals surface area contributed by atoms with Gasteiger partial charge in [-0.2, -0.15) is 0 Å². The molecule has 2 aromatic carbocycles. The number of nitrogens with one attached hydrogen (secondary N) is 2. The molecular weight excluding hydrogens is 414 g/mol. The molecule has 3 atom stereocenters. The van der Waals surface area contributed by atoms with Gasteiger partial charge in [-0.05, 0) is 49.2 Å². The Morgan fingerprint density at radius 3 is 2.68 bits per heavy atom. The van der Waals surface area contributed by atoms with Crippen molar-refractivity contribution in [3.63, 3.8) is 0 Å². The molecule has 0 bridgehead atoms. The van der Waals surface area contributed by atoms with Crippen LogP contribution in [0.3, 0.4) is 0 Å². The quantitative estimate of drug-likeness (QED) is 0.741. The largest absolute Gasteiger partial charge is 0.497 e. The van der Waals surface area contributed by atoms with E-state index in [1.807, 2.05) is 48.5 Å². The maximum absolute atomic E-state index is 13.8. The average molecular weight is 442 g/mol. The van der Waals surface area contributed by atoms with E-state index in [0.29, 0.717) is 6.54 Å². The SMILES string of the molecule is CNC(=O)OC1C(=O)N(C[C@@H]2CCCN2)c2ccccc2SC1c1ccc(OC)cc1. The summed E-state index contributed by atoms with van der Waals surface area (Å²) in [4.78, 5) is 28.8. The average Bonchev–Trinajstić information content (AvgIpc) is 3.29. The summed E-state index contributed by atoms with van der Waals surface area (Å²) in [5.41, 5.74) is 1.75. The highest BCUT2D eigenvalue weighted by atomic mass is 32.2. The molecule has 7 nitrogen and oxygen atoms in total. The lowest BCUT2D eigenvalue weighted by atomic mass is 10.0. The fraction of sp³-hybridized carbons (Fsp3) is 0.391. The Morgan fingerprint density at radius 1 is 1.23 bits per heavy atom. The molecule has 1 fully saturated rings. The van der Waals surface area contributed by atoms with Crippen LogP contribution in [0, 0.1) is 0 Å². The fourth-order valence-corrected chi connectivity index (χ4v) is 5.34. The maximum atomic E-state index is 13.8. The molecular formula is C23H27N3O4S. The molecule has 2 heterocycles. The van der Waals surface area contributed by atoms with Crippen LogP contribution in [-0.4, -0.2) is 51.4 Å². The highest BCUT2D eigenvalue weighted by Gasteiger charge is 2.41. The molecule has 4 rings (SSSR count). The Balaban J connectivity index is 1.75. The molecule has 0 saturated carbocycles. The van der Waals surface area contributed by atoms with Gasteiger partial charge in [0.1, 0.15) is 5.75 Å². The lowest BCUT2D eigenvalue weighted by Crippen LogP contribution is -2.48. The van der Waals surface area contributed by atoms with Crippen molar-refractivity contribution < 1.29 is 19.1 Å². The molecule has 2 unspecified atom stereocenters. The van der Waals surface area contributed by atoms with Crippen LogP contribution in [0.25, 0.3) is 0 Å². The van der Waals surface area contributed by atoms with Gasteiger partial charge in [0, 0.05) is 24.5 Å². The van der Waals surface area contributed by atoms with Crippen molar-refractivity contribution in [1.82, 2.24) is 10.6 Å². The summed E-state index contributed by atoms with van der Waals surface area (Å²) in [6, 6.07) is 15.6. The number of alkyl carbamates (subject to hydrolysis) is 1. The molecule has 31 heavy (non-hydrogen) atoms. The van der Waals surface area contributed by atoms with E-state index in [-0.39, 0.29) is 11.9 Å². The number of fused-ring (bicyclic) bond motifs is 1. The second kappa shape index (κ2) is 9.62. The molecule has 8 heteroatoms. The van der Waals surface area contributed by atoms with Gasteiger partial charge in [0.2, 0.25) is 0 Å². The number of rotatable bonds is 5. The van der Waals surface area contributed by atoms with E-state index in [1.54, 1.807) is 23.8 Å². The third kappa shape index (κ3) is 4.65. The van der Waals surface area contributed by atoms with Crippen LogP contribution in [0.1, 0.15) is 23.7 Å². The van der Waals surface area contributed by atoms with Gasteiger partial charge in [0.05, 0.1) is 18.0 Å². The summed E-state index contributed by atoms with van der Waals surface area (Å²) in [5.74, 6) is 0.516. The minimum absolute atomic E-state index is 0.212. The Morgan fingerprint density at radius 2 is 2.00 bits per heavy atom. The Labute approximate surface area is 186 Å². The first-order valence-electron chi connectivity index (χ1n) is 10.4. The number of benzene rings is 2. The van der Waals surface area contributed by atoms with Crippen LogP contribution in [-0.2, 0) is 9.53 Å². The molecule has 0 radical (unpaired) electrons. The molecule has 2 aliphatic heterocycles. The lowest BCUT2D eigenvalue weighted by molar-refractivity contribution is -0.126. The summed E-state index contributed by atoms with van der Waals surface area (Å²) in [6.07, 6.45) is 0.520. The zero-order valence-electron chi connectivity index (χ0n) is 17.7. The van der Waals surface area contributed by atoms with Gasteiger partial charge in [-0.1, -0.05) is 24.3 Å². The van der Waals surface area contributed by atoms with E-state index in [1.165, 1.54) is 7.05 Å². The van der Waals surface area contributed by atoms with Crippen molar-refractivity contribution in [2.75, 3.05) is 32.1 Å². The third-order valence-electron chi connectivity index (χ3n) is 5.64. The van der Waals surface area contributed by atoms with Crippen LogP contribution >= 0.6 is 11.8 Å². The molecule has 2 N–H and O–H groups in total. The lowest BCUT2D eigenvalue weighted by Gasteiger charge is -2.29. The third-order valence-corrected chi connectivity index (χ3v) is 7.01. The number of carbonyl (C=O) groups excluding carboxylic acids is 2. The number of hydrogen-bond acceptors (Lipinski definition) is 6. The minimum Gasteiger partial charge on any atom is -0.497 e. The van der Waals surface area contributed by atoms with Crippen LogP contribution < -0.4 is 20.3 Å². The van der Waals surface area contributed by atoms with E-state index < -0.39 is 17.4 Å². The van der Waals surface area contributed by atoms with Crippen molar-refractivity contribution in [3.8, 4) is 5.75 Å². The summed E-state index contributed by atoms with van der Waals surface area (Å²) in [6.45, 7) is 1.50. The Hall–Kier alpha value is -2.71. The number of carbonyl (C=O) groups is 2. The molecule has 0 aromatic heterocycles. The smallest absolute Gasteiger partial charge is 0.407 e. The topological polar surface area (TPSA) is 79.9 Å². The van der Waals surface area contributed by atoms with E-state index in [4.69, 9.17) is 9.47 Å². The molecule has 2 aliphatic rings. The summed E-state index contributed by atoms with van der Waals surface area (Å²) < 4.78 is 10.9. The van der Waals surface area contributed by atoms with Crippen LogP contribution in [0.2, 0.25) is 0 Å². The zero-order valence-corrected chi connectivity index (χ0v) is 18.5. The number of thioether (sulfide) groups is 1. The zero-order chi connectivity index (χ0) is 21.8. The van der Waals surface area contributed by atoms with Crippen LogP contribution in [0.15, 0.2) is 53.4 Å². The first kappa shape index (κ1) is 21.5. The van der Waals surface area contributed by atoms with Crippen molar-refractivity contribution in [1.29, 1.82) is 0 Å². The summed E-state index contributed by atoms with van der Waals surface area (Å²) in [5, 5.41) is 5.55. The van der Waals surface area contributed by atoms with Gasteiger partial charge in [0.15, 0.2) is 6.10 Å². The molecule has 2 aromatic rings. The highest BCUT2D eigenvalue weighted by Crippen LogP contribution is 2.47. The first-order valence-corrected chi connectivity index (χ1v) is 11.3. The fourth-order valence-electron chi connectivity index (χ4n) is 4.02. The van der Waals surface area contributed by atoms with Crippen LogP contribution in [0.5, 0.6) is 5.75 Å². The molecule has 0 aliphatic carbocycles. The van der Waals surface area contributed by atoms with Gasteiger partial charge in [0.25, 0.3) is 5.91 Å². The summed E-state index contributed by atoms with van der Waals surface area (Å²) in [7, 11) is 3.11. The van der Waals surface area contributed by atoms with Crippen LogP contribution in [0.4, 0.5) is 10.5 Å². The van der Waals surface area contributed by atoms with Gasteiger partial charge in [-0.25, -0.2) is 4.79 Å². The summed E-state index contributed by atoms with van der Waals surface area (Å²) >= 11 is 1.54. The van der Waals surface area contributed by atoms with E-state index in [0.717, 1.165) is 41.3 Å². The second-order valence-corrected chi connectivity index (χ2v) is 8.78. The maximum Gasteiger partial charge on any atom is 0.407 e. The van der Waals surface area contributed by atoms with Gasteiger partial charge >= 0.3 is 6.09 Å². The predicted octanol–water partition coefficient (Wildman–Crippen LogP) is 3.35. The number of para-hydroxylation sites is 1. The number of amides is 2. The van der Waals surface area contributed by atoms with Gasteiger partial charge < -0.3 is 25.0 Å². The standard InChI is InChI=1S/C23H27N3O4S/c1-24-23(28)30-20-21(15-9-11-17(29-2)12-10-15)31-19-8-4-3-7-18(19)26(22(20)27)14-16-6-5-13-25-16/h3-4,7-12,16,20-21,25H,5-6,13-14H2,1-2H3,(H,24,28)/t16-,20?,21?/m0/s1. The molecule has 164 valence electrons. The van der Waals surface area contributed by atoms with Gasteiger partial charge in [-0.15, -0.1) is 11.8 Å². The Bertz CT molecular complexity index is 931. The molecule has 2 amide bonds. The van der Waals surface area contributed by atoms with Gasteiger partial charge in [-0.3, -0.25) is 4.79 Å². The normalized spacial score (nSPS) is 23.1. The predicted molar refractivity (Wildman–Crippen MR) is 121 cm³/mol. The highest BCUT2D eigenvalue weighted by molar-refractivity contribution is 7.99. The first-order chi connectivity index (χ1) is 15.1. The number of nitrogens with zero attached hydrogens (tertiary/aromatic N) is 1. The number of hydrogen-bond donors (Lipinski definition) is 2. The second-order valence-electron chi connectivity index (χ2n) is 7.60. The van der Waals surface area contributed by atoms with Crippen molar-refractivity contribution >= 4 is 29.4 Å². The van der Waals surface area contributed by atoms with E-state index >= 15 is 0 Å². The van der Waals surface area contributed by atoms with E-state index in [9.17, 15) is 9.59 Å². The van der Waals surface area contributed by atoms with Crippen molar-refractivity contribution in [3.05, 3.63) is 54.1 Å². The number of methoxy groups -OCH3 is 1. The van der Waals surface area contributed by atoms with Crippen molar-refractivity contribution in [2.24, 2.45) is 0 Å². The number of ether oxygens (including phenoxy) is 2. The molecule has 1 saturated heterocycles. The Kier molecular flexibility index (Phi) is 6.67. The number of anilines is 1. The molecule has 0 spiro atoms. The van der Waals surface area contributed by atoms with E-state index in [2.05, 4.69) is 10.6 Å². The van der Waals surface area contributed by atoms with Crippen molar-refractivity contribution in [2.45, 2.75) is 35.1 Å².